The van der Waals surface area contributed by atoms with E-state index in [0.717, 1.165) is 41.6 Å². The van der Waals surface area contributed by atoms with Crippen LogP contribution in [-0.2, 0) is 13.0 Å². The average Bonchev–Trinajstić information content (AvgIpc) is 3.28. The monoisotopic (exact) mass is 454 g/mol. The summed E-state index contributed by atoms with van der Waals surface area (Å²) in [4.78, 5) is 9.39. The number of benzene rings is 1. The maximum absolute atomic E-state index is 6.50. The molecule has 0 bridgehead atoms. The molecule has 4 rings (SSSR count). The van der Waals surface area contributed by atoms with E-state index >= 15 is 0 Å². The van der Waals surface area contributed by atoms with Crippen molar-refractivity contribution in [1.29, 1.82) is 0 Å². The van der Waals surface area contributed by atoms with Crippen LogP contribution < -0.4 is 10.6 Å². The Morgan fingerprint density at radius 3 is 2.71 bits per heavy atom. The lowest BCUT2D eigenvalue weighted by Gasteiger charge is -2.29. The third-order valence-corrected chi connectivity index (χ3v) is 7.11. The first-order valence-electron chi connectivity index (χ1n) is 11.3. The van der Waals surface area contributed by atoms with Crippen LogP contribution in [0.4, 0.5) is 5.13 Å². The van der Waals surface area contributed by atoms with E-state index in [0.29, 0.717) is 17.0 Å². The van der Waals surface area contributed by atoms with Crippen LogP contribution in [0, 0.1) is 5.92 Å². The summed E-state index contributed by atoms with van der Waals surface area (Å²) in [6.45, 7) is 4.12. The van der Waals surface area contributed by atoms with Gasteiger partial charge >= 0.3 is 0 Å². The van der Waals surface area contributed by atoms with E-state index in [1.54, 1.807) is 17.5 Å². The van der Waals surface area contributed by atoms with Crippen molar-refractivity contribution >= 4 is 28.1 Å². The number of nitrogens with zero attached hydrogens (tertiary/aromatic N) is 2. The first-order chi connectivity index (χ1) is 15.2. The van der Waals surface area contributed by atoms with Gasteiger partial charge in [-0.25, -0.2) is 4.98 Å². The van der Waals surface area contributed by atoms with Crippen LogP contribution >= 0.6 is 22.9 Å². The Hall–Kier alpha value is -1.95. The van der Waals surface area contributed by atoms with E-state index in [4.69, 9.17) is 16.6 Å². The number of hydrogen-bond acceptors (Lipinski definition) is 5. The van der Waals surface area contributed by atoms with Crippen LogP contribution in [0.1, 0.15) is 50.3 Å². The average molecular weight is 455 g/mol. The maximum atomic E-state index is 6.50. The minimum atomic E-state index is 0.663. The Balaban J connectivity index is 1.36. The SMILES string of the molecule is CCCNC1CCC(Cc2cc(-c3csc(NCc4ccccc4)n3)c(Cl)cn2)CC1. The van der Waals surface area contributed by atoms with Gasteiger partial charge in [-0.2, -0.15) is 0 Å². The van der Waals surface area contributed by atoms with Gasteiger partial charge in [0.1, 0.15) is 0 Å². The summed E-state index contributed by atoms with van der Waals surface area (Å²) < 4.78 is 0. The van der Waals surface area contributed by atoms with E-state index in [1.165, 1.54) is 37.7 Å². The number of hydrogen-bond donors (Lipinski definition) is 2. The summed E-state index contributed by atoms with van der Waals surface area (Å²) in [5, 5.41) is 10.7. The minimum Gasteiger partial charge on any atom is -0.357 e. The third kappa shape index (κ3) is 6.28. The van der Waals surface area contributed by atoms with Gasteiger partial charge in [-0.1, -0.05) is 48.9 Å². The van der Waals surface area contributed by atoms with Gasteiger partial charge in [-0.3, -0.25) is 4.98 Å². The van der Waals surface area contributed by atoms with Gasteiger partial charge in [0.05, 0.1) is 10.7 Å². The molecule has 2 aromatic heterocycles. The van der Waals surface area contributed by atoms with Gasteiger partial charge in [-0.15, -0.1) is 11.3 Å². The fourth-order valence-corrected chi connectivity index (χ4v) is 5.17. The normalized spacial score (nSPS) is 18.8. The molecule has 2 heterocycles. The first-order valence-corrected chi connectivity index (χ1v) is 12.6. The Morgan fingerprint density at radius 2 is 1.94 bits per heavy atom. The molecule has 0 amide bonds. The van der Waals surface area contributed by atoms with E-state index in [9.17, 15) is 0 Å². The highest BCUT2D eigenvalue weighted by Gasteiger charge is 2.21. The molecule has 1 saturated carbocycles. The number of halogens is 1. The zero-order valence-electron chi connectivity index (χ0n) is 18.1. The molecule has 31 heavy (non-hydrogen) atoms. The minimum absolute atomic E-state index is 0.663. The predicted octanol–water partition coefficient (Wildman–Crippen LogP) is 6.57. The Morgan fingerprint density at radius 1 is 1.13 bits per heavy atom. The molecule has 6 heteroatoms. The second kappa shape index (κ2) is 11.1. The van der Waals surface area contributed by atoms with Crippen molar-refractivity contribution in [2.45, 2.75) is 58.0 Å². The summed E-state index contributed by atoms with van der Waals surface area (Å²) in [5.74, 6) is 0.708. The van der Waals surface area contributed by atoms with Crippen molar-refractivity contribution in [3.63, 3.8) is 0 Å². The summed E-state index contributed by atoms with van der Waals surface area (Å²) in [7, 11) is 0. The van der Waals surface area contributed by atoms with Crippen LogP contribution in [0.2, 0.25) is 5.02 Å². The molecule has 2 N–H and O–H groups in total. The van der Waals surface area contributed by atoms with Crippen molar-refractivity contribution in [1.82, 2.24) is 15.3 Å². The molecule has 0 aliphatic heterocycles. The zero-order valence-corrected chi connectivity index (χ0v) is 19.7. The van der Waals surface area contributed by atoms with Crippen molar-refractivity contribution in [2.75, 3.05) is 11.9 Å². The summed E-state index contributed by atoms with van der Waals surface area (Å²) in [6.07, 6.45) is 9.10. The smallest absolute Gasteiger partial charge is 0.183 e. The Bertz CT molecular complexity index is 951. The lowest BCUT2D eigenvalue weighted by Crippen LogP contribution is -2.34. The molecule has 1 aliphatic carbocycles. The van der Waals surface area contributed by atoms with E-state index in [-0.39, 0.29) is 0 Å². The largest absolute Gasteiger partial charge is 0.357 e. The van der Waals surface area contributed by atoms with Crippen LogP contribution in [0.3, 0.4) is 0 Å². The molecule has 0 saturated heterocycles. The molecule has 0 atom stereocenters. The number of anilines is 1. The molecular formula is C25H31ClN4S. The van der Waals surface area contributed by atoms with Crippen molar-refractivity contribution in [3.05, 3.63) is 64.3 Å². The third-order valence-electron chi connectivity index (χ3n) is 6.01. The summed E-state index contributed by atoms with van der Waals surface area (Å²) >= 11 is 8.11. The standard InChI is InChI=1S/C25H31ClN4S/c1-2-12-27-20-10-8-18(9-11-20)13-21-14-22(23(26)16-28-21)24-17-31-25(30-24)29-15-19-6-4-3-5-7-19/h3-7,14,16-18,20,27H,2,8-13,15H2,1H3,(H,29,30). The van der Waals surface area contributed by atoms with Crippen LogP contribution in [0.5, 0.6) is 0 Å². The molecule has 0 spiro atoms. The highest BCUT2D eigenvalue weighted by molar-refractivity contribution is 7.14. The van der Waals surface area contributed by atoms with E-state index < -0.39 is 0 Å². The number of thiazole rings is 1. The van der Waals surface area contributed by atoms with Crippen molar-refractivity contribution in [3.8, 4) is 11.3 Å². The molecule has 1 fully saturated rings. The summed E-state index contributed by atoms with van der Waals surface area (Å²) in [6, 6.07) is 13.2. The Labute approximate surface area is 194 Å². The fourth-order valence-electron chi connectivity index (χ4n) is 4.26. The molecule has 3 aromatic rings. The topological polar surface area (TPSA) is 49.8 Å². The summed E-state index contributed by atoms with van der Waals surface area (Å²) in [5.41, 5.74) is 4.26. The Kier molecular flexibility index (Phi) is 7.95. The number of nitrogens with one attached hydrogen (secondary N) is 2. The molecule has 0 unspecified atom stereocenters. The quantitative estimate of drug-likeness (QED) is 0.383. The first kappa shape index (κ1) is 22.3. The molecule has 4 nitrogen and oxygen atoms in total. The maximum Gasteiger partial charge on any atom is 0.183 e. The van der Waals surface area contributed by atoms with Gasteiger partial charge in [0.2, 0.25) is 0 Å². The second-order valence-corrected chi connectivity index (χ2v) is 9.67. The highest BCUT2D eigenvalue weighted by atomic mass is 35.5. The lowest BCUT2D eigenvalue weighted by atomic mass is 9.83. The van der Waals surface area contributed by atoms with Crippen molar-refractivity contribution < 1.29 is 0 Å². The number of aromatic nitrogens is 2. The van der Waals surface area contributed by atoms with Gasteiger partial charge in [0.25, 0.3) is 0 Å². The van der Waals surface area contributed by atoms with Crippen LogP contribution in [0.25, 0.3) is 11.3 Å². The van der Waals surface area contributed by atoms with Crippen LogP contribution in [-0.4, -0.2) is 22.6 Å². The molecule has 1 aliphatic rings. The lowest BCUT2D eigenvalue weighted by molar-refractivity contribution is 0.290. The van der Waals surface area contributed by atoms with Gasteiger partial charge in [0, 0.05) is 35.4 Å². The molecule has 1 aromatic carbocycles. The van der Waals surface area contributed by atoms with Gasteiger partial charge in [-0.05, 0) is 62.6 Å². The van der Waals surface area contributed by atoms with Gasteiger partial charge < -0.3 is 10.6 Å². The highest BCUT2D eigenvalue weighted by Crippen LogP contribution is 2.33. The molecule has 0 radical (unpaired) electrons. The fraction of sp³-hybridized carbons (Fsp3) is 0.440. The van der Waals surface area contributed by atoms with E-state index in [2.05, 4.69) is 58.3 Å². The number of rotatable bonds is 9. The van der Waals surface area contributed by atoms with Crippen LogP contribution in [0.15, 0.2) is 48.0 Å². The molecular weight excluding hydrogens is 424 g/mol. The second-order valence-electron chi connectivity index (χ2n) is 8.41. The number of pyridine rings is 1. The zero-order chi connectivity index (χ0) is 21.5. The van der Waals surface area contributed by atoms with Gasteiger partial charge in [0.15, 0.2) is 5.13 Å². The van der Waals surface area contributed by atoms with Crippen molar-refractivity contribution in [2.24, 2.45) is 5.92 Å². The van der Waals surface area contributed by atoms with E-state index in [1.807, 2.05) is 6.07 Å². The molecule has 164 valence electrons. The predicted molar refractivity (Wildman–Crippen MR) is 132 cm³/mol.